The van der Waals surface area contributed by atoms with Crippen LogP contribution in [0.3, 0.4) is 0 Å². The maximum absolute atomic E-state index is 11.9. The zero-order valence-corrected chi connectivity index (χ0v) is 13.4. The molecule has 1 N–H and O–H groups in total. The van der Waals surface area contributed by atoms with Crippen molar-refractivity contribution in [2.75, 3.05) is 5.75 Å². The van der Waals surface area contributed by atoms with Gasteiger partial charge >= 0.3 is 0 Å². The molecule has 0 bridgehead atoms. The second-order valence-electron chi connectivity index (χ2n) is 5.27. The van der Waals surface area contributed by atoms with E-state index in [9.17, 15) is 13.2 Å². The lowest BCUT2D eigenvalue weighted by Gasteiger charge is -2.06. The Balaban J connectivity index is 1.87. The summed E-state index contributed by atoms with van der Waals surface area (Å²) in [6.07, 6.45) is 0.278. The summed E-state index contributed by atoms with van der Waals surface area (Å²) in [5.74, 6) is 0.422. The number of hydrogen-bond acceptors (Lipinski definition) is 4. The monoisotopic (exact) mass is 321 g/mol. The van der Waals surface area contributed by atoms with Crippen molar-refractivity contribution in [3.63, 3.8) is 0 Å². The number of carbonyl (C=O) groups is 1. The average Bonchev–Trinajstić information content (AvgIpc) is 2.82. The average molecular weight is 321 g/mol. The van der Waals surface area contributed by atoms with Gasteiger partial charge in [-0.25, -0.2) is 8.42 Å². The Morgan fingerprint density at radius 1 is 1.09 bits per heavy atom. The molecule has 1 amide bonds. The van der Waals surface area contributed by atoms with E-state index in [1.807, 2.05) is 31.2 Å². The molecule has 0 saturated carbocycles. The Bertz CT molecular complexity index is 745. The molecule has 0 aliphatic heterocycles. The lowest BCUT2D eigenvalue weighted by molar-refractivity contribution is -0.118. The summed E-state index contributed by atoms with van der Waals surface area (Å²) in [4.78, 5) is 11.7. The van der Waals surface area contributed by atoms with Crippen LogP contribution < -0.4 is 4.72 Å². The number of furan rings is 1. The molecule has 118 valence electrons. The van der Waals surface area contributed by atoms with Crippen molar-refractivity contribution in [2.45, 2.75) is 26.7 Å². The number of amides is 1. The first kappa shape index (κ1) is 16.3. The highest BCUT2D eigenvalue weighted by atomic mass is 32.2. The molecule has 0 aliphatic carbocycles. The first-order valence-electron chi connectivity index (χ1n) is 6.98. The van der Waals surface area contributed by atoms with Crippen LogP contribution in [0.5, 0.6) is 0 Å². The van der Waals surface area contributed by atoms with E-state index in [0.29, 0.717) is 17.9 Å². The minimum Gasteiger partial charge on any atom is -0.466 e. The van der Waals surface area contributed by atoms with Crippen LogP contribution in [-0.2, 0) is 27.7 Å². The number of nitrogens with one attached hydrogen (secondary N) is 1. The Hall–Kier alpha value is -2.08. The third-order valence-electron chi connectivity index (χ3n) is 3.18. The third kappa shape index (κ3) is 5.04. The fraction of sp³-hybridized carbons (Fsp3) is 0.312. The van der Waals surface area contributed by atoms with Gasteiger partial charge in [0.05, 0.1) is 12.2 Å². The van der Waals surface area contributed by atoms with Gasteiger partial charge in [-0.05, 0) is 38.0 Å². The number of rotatable bonds is 6. The molecule has 0 fully saturated rings. The van der Waals surface area contributed by atoms with E-state index in [1.165, 1.54) is 0 Å². The van der Waals surface area contributed by atoms with Crippen LogP contribution in [0.4, 0.5) is 0 Å². The molecule has 0 radical (unpaired) electrons. The molecule has 0 unspecified atom stereocenters. The van der Waals surface area contributed by atoms with Crippen LogP contribution in [0.2, 0.25) is 0 Å². The van der Waals surface area contributed by atoms with Crippen LogP contribution in [0.25, 0.3) is 0 Å². The second-order valence-corrected chi connectivity index (χ2v) is 7.11. The summed E-state index contributed by atoms with van der Waals surface area (Å²) in [6, 6.07) is 11.0. The molecule has 0 atom stereocenters. The van der Waals surface area contributed by atoms with Gasteiger partial charge in [0.1, 0.15) is 11.5 Å². The molecule has 0 saturated heterocycles. The molecule has 1 aromatic carbocycles. The predicted molar refractivity (Wildman–Crippen MR) is 84.0 cm³/mol. The molecular formula is C16H19NO4S. The molecule has 1 heterocycles. The number of carbonyl (C=O) groups excluding carboxylic acids is 1. The highest BCUT2D eigenvalue weighted by Gasteiger charge is 2.16. The van der Waals surface area contributed by atoms with Gasteiger partial charge in [0.15, 0.2) is 0 Å². The highest BCUT2D eigenvalue weighted by molar-refractivity contribution is 7.90. The molecule has 6 heteroatoms. The van der Waals surface area contributed by atoms with Crippen LogP contribution in [0.1, 0.15) is 22.6 Å². The van der Waals surface area contributed by atoms with Crippen molar-refractivity contribution in [3.8, 4) is 0 Å². The van der Waals surface area contributed by atoms with Crippen molar-refractivity contribution in [1.82, 2.24) is 4.72 Å². The zero-order chi connectivity index (χ0) is 16.2. The van der Waals surface area contributed by atoms with E-state index in [4.69, 9.17) is 4.42 Å². The largest absolute Gasteiger partial charge is 0.466 e. The highest BCUT2D eigenvalue weighted by Crippen LogP contribution is 2.08. The van der Waals surface area contributed by atoms with Crippen LogP contribution in [0, 0.1) is 13.8 Å². The zero-order valence-electron chi connectivity index (χ0n) is 12.6. The standard InChI is InChI=1S/C16H19NO4S/c1-12-3-6-14(7-4-12)9-10-22(19,20)17-16(18)11-15-8-5-13(2)21-15/h3-8H,9-11H2,1-2H3,(H,17,18). The maximum atomic E-state index is 11.9. The van der Waals surface area contributed by atoms with Crippen molar-refractivity contribution in [2.24, 2.45) is 0 Å². The van der Waals surface area contributed by atoms with Crippen molar-refractivity contribution < 1.29 is 17.6 Å². The topological polar surface area (TPSA) is 76.4 Å². The van der Waals surface area contributed by atoms with E-state index >= 15 is 0 Å². The van der Waals surface area contributed by atoms with Gasteiger partial charge in [0.25, 0.3) is 0 Å². The van der Waals surface area contributed by atoms with Crippen molar-refractivity contribution in [3.05, 3.63) is 59.0 Å². The summed E-state index contributed by atoms with van der Waals surface area (Å²) in [6.45, 7) is 3.73. The SMILES string of the molecule is Cc1ccc(CCS(=O)(=O)NC(=O)Cc2ccc(C)o2)cc1. The molecule has 2 aromatic rings. The number of hydrogen-bond donors (Lipinski definition) is 1. The summed E-state index contributed by atoms with van der Waals surface area (Å²) < 4.78 is 31.2. The molecule has 0 aliphatic rings. The normalized spacial score (nSPS) is 11.4. The third-order valence-corrected chi connectivity index (χ3v) is 4.46. The summed E-state index contributed by atoms with van der Waals surface area (Å²) >= 11 is 0. The summed E-state index contributed by atoms with van der Waals surface area (Å²) in [7, 11) is -3.64. The van der Waals surface area contributed by atoms with E-state index in [2.05, 4.69) is 4.72 Å². The second kappa shape index (κ2) is 6.79. The lowest BCUT2D eigenvalue weighted by Crippen LogP contribution is -2.34. The molecule has 2 rings (SSSR count). The van der Waals surface area contributed by atoms with Gasteiger partial charge < -0.3 is 4.42 Å². The van der Waals surface area contributed by atoms with Gasteiger partial charge in [0.2, 0.25) is 15.9 Å². The van der Waals surface area contributed by atoms with Gasteiger partial charge in [-0.1, -0.05) is 29.8 Å². The minimum absolute atomic E-state index is 0.0857. The van der Waals surface area contributed by atoms with Gasteiger partial charge in [-0.2, -0.15) is 0 Å². The van der Waals surface area contributed by atoms with E-state index in [1.54, 1.807) is 19.1 Å². The predicted octanol–water partition coefficient (Wildman–Crippen LogP) is 2.13. The number of sulfonamides is 1. The van der Waals surface area contributed by atoms with E-state index < -0.39 is 15.9 Å². The minimum atomic E-state index is -3.64. The Morgan fingerprint density at radius 3 is 2.36 bits per heavy atom. The molecule has 22 heavy (non-hydrogen) atoms. The van der Waals surface area contributed by atoms with Crippen molar-refractivity contribution in [1.29, 1.82) is 0 Å². The fourth-order valence-corrected chi connectivity index (χ4v) is 3.03. The van der Waals surface area contributed by atoms with Crippen molar-refractivity contribution >= 4 is 15.9 Å². The number of aryl methyl sites for hydroxylation is 3. The van der Waals surface area contributed by atoms with Crippen LogP contribution in [0.15, 0.2) is 40.8 Å². The van der Waals surface area contributed by atoms with Crippen LogP contribution >= 0.6 is 0 Å². The quantitative estimate of drug-likeness (QED) is 0.884. The molecule has 0 spiro atoms. The van der Waals surface area contributed by atoms with E-state index in [-0.39, 0.29) is 12.2 Å². The summed E-state index contributed by atoms with van der Waals surface area (Å²) in [5, 5.41) is 0. The Kier molecular flexibility index (Phi) is 5.03. The smallest absolute Gasteiger partial charge is 0.241 e. The molecule has 5 nitrogen and oxygen atoms in total. The Labute approximate surface area is 130 Å². The van der Waals surface area contributed by atoms with Crippen LogP contribution in [-0.4, -0.2) is 20.1 Å². The van der Waals surface area contributed by atoms with Gasteiger partial charge in [-0.3, -0.25) is 9.52 Å². The van der Waals surface area contributed by atoms with Gasteiger partial charge in [-0.15, -0.1) is 0 Å². The Morgan fingerprint density at radius 2 is 1.77 bits per heavy atom. The summed E-state index contributed by atoms with van der Waals surface area (Å²) in [5.41, 5.74) is 2.04. The first-order chi connectivity index (χ1) is 10.3. The fourth-order valence-electron chi connectivity index (χ4n) is 2.01. The maximum Gasteiger partial charge on any atom is 0.241 e. The molecular weight excluding hydrogens is 302 g/mol. The lowest BCUT2D eigenvalue weighted by atomic mass is 10.1. The first-order valence-corrected chi connectivity index (χ1v) is 8.63. The van der Waals surface area contributed by atoms with E-state index in [0.717, 1.165) is 11.1 Å². The number of benzene rings is 1. The molecule has 1 aromatic heterocycles. The van der Waals surface area contributed by atoms with Gasteiger partial charge in [0, 0.05) is 0 Å².